The van der Waals surface area contributed by atoms with E-state index in [0.717, 1.165) is 23.4 Å². The lowest BCUT2D eigenvalue weighted by atomic mass is 9.96. The van der Waals surface area contributed by atoms with Crippen molar-refractivity contribution < 1.29 is 28.7 Å². The fourth-order valence-electron chi connectivity index (χ4n) is 4.22. The molecule has 1 aromatic carbocycles. The zero-order valence-electron chi connectivity index (χ0n) is 20.8. The molecule has 10 heteroatoms. The highest BCUT2D eigenvalue weighted by Crippen LogP contribution is 2.23. The van der Waals surface area contributed by atoms with E-state index < -0.39 is 29.4 Å². The third-order valence-electron chi connectivity index (χ3n) is 6.22. The summed E-state index contributed by atoms with van der Waals surface area (Å²) >= 11 is 0. The van der Waals surface area contributed by atoms with Crippen molar-refractivity contribution >= 4 is 35.9 Å². The molecular weight excluding hydrogens is 452 g/mol. The molecule has 1 unspecified atom stereocenters. The Bertz CT molecular complexity index is 994. The number of carbonyl (C=O) groups excluding carboxylic acids is 5. The van der Waals surface area contributed by atoms with Gasteiger partial charge in [-0.2, -0.15) is 0 Å². The van der Waals surface area contributed by atoms with Gasteiger partial charge in [-0.05, 0) is 70.6 Å². The summed E-state index contributed by atoms with van der Waals surface area (Å²) in [7, 11) is 0. The lowest BCUT2D eigenvalue weighted by Gasteiger charge is -2.33. The standard InChI is InChI=1S/C25H34N4O6/c1-16-5-6-18(26-14-17-9-11-28(12-10-17)24(34)35-25(2,3)4)13-19(16)23(33)29(15-30)20-7-8-21(31)27-22(20)32/h5-6,13,15,17,20,26H,7-12,14H2,1-4H3,(H,27,31,32). The number of amides is 5. The molecule has 0 bridgehead atoms. The van der Waals surface area contributed by atoms with Crippen LogP contribution in [0.15, 0.2) is 18.2 Å². The van der Waals surface area contributed by atoms with Gasteiger partial charge in [0.25, 0.3) is 5.91 Å². The van der Waals surface area contributed by atoms with E-state index in [2.05, 4.69) is 10.6 Å². The topological polar surface area (TPSA) is 125 Å². The summed E-state index contributed by atoms with van der Waals surface area (Å²) in [5, 5.41) is 5.53. The number of rotatable bonds is 6. The predicted molar refractivity (Wildman–Crippen MR) is 129 cm³/mol. The van der Waals surface area contributed by atoms with E-state index in [4.69, 9.17) is 4.74 Å². The largest absolute Gasteiger partial charge is 0.444 e. The van der Waals surface area contributed by atoms with Gasteiger partial charge in [-0.1, -0.05) is 6.07 Å². The summed E-state index contributed by atoms with van der Waals surface area (Å²) in [4.78, 5) is 63.3. The third kappa shape index (κ3) is 6.80. The zero-order chi connectivity index (χ0) is 25.8. The molecule has 3 rings (SSSR count). The van der Waals surface area contributed by atoms with Crippen molar-refractivity contribution in [3.05, 3.63) is 29.3 Å². The first kappa shape index (κ1) is 26.2. The summed E-state index contributed by atoms with van der Waals surface area (Å²) in [5.74, 6) is -1.29. The molecule has 190 valence electrons. The Balaban J connectivity index is 1.59. The molecule has 5 amide bonds. The van der Waals surface area contributed by atoms with Crippen LogP contribution in [0.3, 0.4) is 0 Å². The molecular formula is C25H34N4O6. The quantitative estimate of drug-likeness (QED) is 0.467. The van der Waals surface area contributed by atoms with Crippen molar-refractivity contribution in [2.24, 2.45) is 5.92 Å². The SMILES string of the molecule is Cc1ccc(NCC2CCN(C(=O)OC(C)(C)C)CC2)cc1C(=O)N(C=O)C1CCC(=O)NC1=O. The van der Waals surface area contributed by atoms with Crippen molar-refractivity contribution in [2.75, 3.05) is 25.0 Å². The highest BCUT2D eigenvalue weighted by atomic mass is 16.6. The van der Waals surface area contributed by atoms with Crippen molar-refractivity contribution in [1.82, 2.24) is 15.1 Å². The molecule has 0 spiro atoms. The molecule has 2 aliphatic rings. The summed E-state index contributed by atoms with van der Waals surface area (Å²) in [6, 6.07) is 4.31. The summed E-state index contributed by atoms with van der Waals surface area (Å²) in [6.07, 6.45) is 1.90. The second kappa shape index (κ2) is 10.9. The van der Waals surface area contributed by atoms with Gasteiger partial charge in [-0.3, -0.25) is 29.4 Å². The van der Waals surface area contributed by atoms with Crippen LogP contribution < -0.4 is 10.6 Å². The van der Waals surface area contributed by atoms with Crippen LogP contribution in [0.4, 0.5) is 10.5 Å². The van der Waals surface area contributed by atoms with Crippen molar-refractivity contribution in [3.63, 3.8) is 0 Å². The van der Waals surface area contributed by atoms with Crippen LogP contribution in [0.5, 0.6) is 0 Å². The number of nitrogens with one attached hydrogen (secondary N) is 2. The number of hydrogen-bond acceptors (Lipinski definition) is 7. The van der Waals surface area contributed by atoms with Crippen LogP contribution in [0.1, 0.15) is 62.4 Å². The first-order valence-corrected chi connectivity index (χ1v) is 11.9. The second-order valence-corrected chi connectivity index (χ2v) is 10.1. The lowest BCUT2D eigenvalue weighted by Crippen LogP contribution is -2.53. The van der Waals surface area contributed by atoms with Gasteiger partial charge in [0.2, 0.25) is 18.2 Å². The Morgan fingerprint density at radius 3 is 2.49 bits per heavy atom. The molecule has 10 nitrogen and oxygen atoms in total. The number of aryl methyl sites for hydroxylation is 1. The highest BCUT2D eigenvalue weighted by Gasteiger charge is 2.35. The molecule has 0 radical (unpaired) electrons. The molecule has 0 saturated carbocycles. The first-order valence-electron chi connectivity index (χ1n) is 11.9. The number of anilines is 1. The molecule has 2 N–H and O–H groups in total. The summed E-state index contributed by atoms with van der Waals surface area (Å²) < 4.78 is 5.44. The Morgan fingerprint density at radius 2 is 1.89 bits per heavy atom. The molecule has 2 fully saturated rings. The Morgan fingerprint density at radius 1 is 1.20 bits per heavy atom. The van der Waals surface area contributed by atoms with Crippen molar-refractivity contribution in [1.29, 1.82) is 0 Å². The third-order valence-corrected chi connectivity index (χ3v) is 6.22. The van der Waals surface area contributed by atoms with E-state index in [0.29, 0.717) is 43.1 Å². The molecule has 2 saturated heterocycles. The van der Waals surface area contributed by atoms with Gasteiger partial charge in [0.05, 0.1) is 0 Å². The van der Waals surface area contributed by atoms with E-state index >= 15 is 0 Å². The molecule has 2 aliphatic heterocycles. The minimum atomic E-state index is -1.01. The van der Waals surface area contributed by atoms with Gasteiger partial charge in [0.15, 0.2) is 0 Å². The van der Waals surface area contributed by atoms with Crippen molar-refractivity contribution in [2.45, 2.75) is 65.0 Å². The van der Waals surface area contributed by atoms with Gasteiger partial charge in [0, 0.05) is 37.3 Å². The Kier molecular flexibility index (Phi) is 8.14. The minimum Gasteiger partial charge on any atom is -0.444 e. The van der Waals surface area contributed by atoms with Crippen LogP contribution in [0.2, 0.25) is 0 Å². The average Bonchev–Trinajstić information content (AvgIpc) is 2.79. The molecule has 35 heavy (non-hydrogen) atoms. The first-order chi connectivity index (χ1) is 16.5. The number of piperidine rings is 2. The monoisotopic (exact) mass is 486 g/mol. The number of imide groups is 2. The number of nitrogens with zero attached hydrogens (tertiary/aromatic N) is 2. The molecule has 1 atom stereocenters. The van der Waals surface area contributed by atoms with Gasteiger partial charge in [0.1, 0.15) is 11.6 Å². The van der Waals surface area contributed by atoms with Crippen LogP contribution in [0.25, 0.3) is 0 Å². The van der Waals surface area contributed by atoms with Crippen LogP contribution >= 0.6 is 0 Å². The van der Waals surface area contributed by atoms with Gasteiger partial charge in [-0.25, -0.2) is 4.79 Å². The van der Waals surface area contributed by atoms with Gasteiger partial charge in [-0.15, -0.1) is 0 Å². The number of benzene rings is 1. The van der Waals surface area contributed by atoms with Crippen LogP contribution in [-0.2, 0) is 19.1 Å². The normalized spacial score (nSPS) is 19.1. The number of ether oxygens (including phenoxy) is 1. The molecule has 0 aliphatic carbocycles. The van der Waals surface area contributed by atoms with Crippen LogP contribution in [-0.4, -0.2) is 71.3 Å². The highest BCUT2D eigenvalue weighted by molar-refractivity contribution is 6.07. The van der Waals surface area contributed by atoms with Crippen LogP contribution in [0, 0.1) is 12.8 Å². The smallest absolute Gasteiger partial charge is 0.410 e. The van der Waals surface area contributed by atoms with E-state index in [9.17, 15) is 24.0 Å². The molecule has 2 heterocycles. The average molecular weight is 487 g/mol. The number of likely N-dealkylation sites (tertiary alicyclic amines) is 1. The summed E-state index contributed by atoms with van der Waals surface area (Å²) in [6.45, 7) is 9.22. The fraction of sp³-hybridized carbons (Fsp3) is 0.560. The number of carbonyl (C=O) groups is 5. The maximum Gasteiger partial charge on any atom is 0.410 e. The molecule has 1 aromatic rings. The maximum atomic E-state index is 13.1. The lowest BCUT2D eigenvalue weighted by molar-refractivity contribution is -0.139. The summed E-state index contributed by atoms with van der Waals surface area (Å²) in [5.41, 5.74) is 1.19. The van der Waals surface area contributed by atoms with Gasteiger partial charge < -0.3 is 15.0 Å². The zero-order valence-corrected chi connectivity index (χ0v) is 20.8. The Hall–Kier alpha value is -3.43. The number of hydrogen-bond donors (Lipinski definition) is 2. The van der Waals surface area contributed by atoms with Crippen molar-refractivity contribution in [3.8, 4) is 0 Å². The van der Waals surface area contributed by atoms with E-state index in [1.807, 2.05) is 26.8 Å². The van der Waals surface area contributed by atoms with E-state index in [-0.39, 0.29) is 18.9 Å². The maximum absolute atomic E-state index is 13.1. The predicted octanol–water partition coefficient (Wildman–Crippen LogP) is 2.46. The second-order valence-electron chi connectivity index (χ2n) is 10.1. The van der Waals surface area contributed by atoms with E-state index in [1.54, 1.807) is 24.0 Å². The van der Waals surface area contributed by atoms with E-state index in [1.165, 1.54) is 0 Å². The molecule has 0 aromatic heterocycles. The fourth-order valence-corrected chi connectivity index (χ4v) is 4.22. The van der Waals surface area contributed by atoms with Gasteiger partial charge >= 0.3 is 6.09 Å². The Labute approximate surface area is 205 Å². The minimum absolute atomic E-state index is 0.0708.